The zero-order valence-electron chi connectivity index (χ0n) is 10.8. The third-order valence-electron chi connectivity index (χ3n) is 4.17. The summed E-state index contributed by atoms with van der Waals surface area (Å²) in [7, 11) is 0. The summed E-state index contributed by atoms with van der Waals surface area (Å²) in [5, 5.41) is 3.53. The van der Waals surface area contributed by atoms with Crippen LogP contribution in [0.5, 0.6) is 0 Å². The lowest BCUT2D eigenvalue weighted by molar-refractivity contribution is 0.460. The van der Waals surface area contributed by atoms with Crippen molar-refractivity contribution in [3.05, 3.63) is 23.3 Å². The van der Waals surface area contributed by atoms with Crippen LogP contribution in [0.25, 0.3) is 0 Å². The molecule has 92 valence electrons. The molecule has 17 heavy (non-hydrogen) atoms. The van der Waals surface area contributed by atoms with E-state index >= 15 is 0 Å². The first kappa shape index (κ1) is 11.1. The minimum absolute atomic E-state index is 0.292. The lowest BCUT2D eigenvalue weighted by atomic mass is 9.92. The fourth-order valence-electron chi connectivity index (χ4n) is 2.71. The second-order valence-corrected chi connectivity index (χ2v) is 5.66. The molecule has 1 saturated carbocycles. The Kier molecular flexibility index (Phi) is 2.66. The zero-order chi connectivity index (χ0) is 11.9. The quantitative estimate of drug-likeness (QED) is 0.868. The molecular formula is C14H21N3. The van der Waals surface area contributed by atoms with Crippen LogP contribution in [0.1, 0.15) is 62.7 Å². The maximum Gasteiger partial charge on any atom is 0.134 e. The Morgan fingerprint density at radius 3 is 3.00 bits per heavy atom. The SMILES string of the molecule is CCNC1CCCc2nc(C3(C)CC3)ncc21. The summed E-state index contributed by atoms with van der Waals surface area (Å²) in [5.74, 6) is 1.08. The van der Waals surface area contributed by atoms with Gasteiger partial charge in [-0.3, -0.25) is 0 Å². The molecule has 0 saturated heterocycles. The molecule has 1 fully saturated rings. The Morgan fingerprint density at radius 1 is 1.47 bits per heavy atom. The molecule has 3 rings (SSSR count). The number of aryl methyl sites for hydroxylation is 1. The van der Waals surface area contributed by atoms with Crippen LogP contribution >= 0.6 is 0 Å². The van der Waals surface area contributed by atoms with Crippen molar-refractivity contribution >= 4 is 0 Å². The molecule has 2 aliphatic carbocycles. The number of nitrogens with zero attached hydrogens (tertiary/aromatic N) is 2. The molecular weight excluding hydrogens is 210 g/mol. The van der Waals surface area contributed by atoms with Crippen molar-refractivity contribution in [2.75, 3.05) is 6.54 Å². The van der Waals surface area contributed by atoms with Crippen LogP contribution in [0.2, 0.25) is 0 Å². The minimum atomic E-state index is 0.292. The normalized spacial score (nSPS) is 25.4. The molecule has 1 aromatic heterocycles. The van der Waals surface area contributed by atoms with Crippen molar-refractivity contribution in [3.8, 4) is 0 Å². The number of hydrogen-bond acceptors (Lipinski definition) is 3. The Hall–Kier alpha value is -0.960. The van der Waals surface area contributed by atoms with Gasteiger partial charge in [-0.1, -0.05) is 13.8 Å². The lowest BCUT2D eigenvalue weighted by Gasteiger charge is -2.25. The van der Waals surface area contributed by atoms with E-state index in [1.165, 1.54) is 36.9 Å². The maximum atomic E-state index is 4.83. The van der Waals surface area contributed by atoms with Crippen molar-refractivity contribution in [2.24, 2.45) is 0 Å². The summed E-state index contributed by atoms with van der Waals surface area (Å²) in [4.78, 5) is 9.44. The fourth-order valence-corrected chi connectivity index (χ4v) is 2.71. The average molecular weight is 231 g/mol. The highest BCUT2D eigenvalue weighted by Crippen LogP contribution is 2.46. The molecule has 2 aliphatic rings. The van der Waals surface area contributed by atoms with Gasteiger partial charge >= 0.3 is 0 Å². The molecule has 1 N–H and O–H groups in total. The summed E-state index contributed by atoms with van der Waals surface area (Å²) < 4.78 is 0. The summed E-state index contributed by atoms with van der Waals surface area (Å²) in [5.41, 5.74) is 2.92. The highest BCUT2D eigenvalue weighted by molar-refractivity contribution is 5.27. The zero-order valence-corrected chi connectivity index (χ0v) is 10.8. The van der Waals surface area contributed by atoms with Crippen molar-refractivity contribution in [3.63, 3.8) is 0 Å². The van der Waals surface area contributed by atoms with Gasteiger partial charge in [0.05, 0.1) is 0 Å². The molecule has 3 nitrogen and oxygen atoms in total. The molecule has 0 bridgehead atoms. The lowest BCUT2D eigenvalue weighted by Crippen LogP contribution is -2.26. The van der Waals surface area contributed by atoms with Gasteiger partial charge in [0.1, 0.15) is 5.82 Å². The van der Waals surface area contributed by atoms with Gasteiger partial charge in [0.25, 0.3) is 0 Å². The number of rotatable bonds is 3. The predicted molar refractivity (Wildman–Crippen MR) is 68.0 cm³/mol. The molecule has 1 aromatic rings. The van der Waals surface area contributed by atoms with Crippen LogP contribution < -0.4 is 5.32 Å². The summed E-state index contributed by atoms with van der Waals surface area (Å²) in [6.07, 6.45) is 8.18. The largest absolute Gasteiger partial charge is 0.310 e. The van der Waals surface area contributed by atoms with E-state index in [0.717, 1.165) is 18.8 Å². The van der Waals surface area contributed by atoms with E-state index in [9.17, 15) is 0 Å². The van der Waals surface area contributed by atoms with E-state index in [4.69, 9.17) is 4.98 Å². The molecule has 0 amide bonds. The van der Waals surface area contributed by atoms with Crippen LogP contribution in [-0.4, -0.2) is 16.5 Å². The van der Waals surface area contributed by atoms with Gasteiger partial charge in [0.2, 0.25) is 0 Å². The molecule has 3 heteroatoms. The van der Waals surface area contributed by atoms with Gasteiger partial charge in [0.15, 0.2) is 0 Å². The third-order valence-corrected chi connectivity index (χ3v) is 4.17. The first-order valence-corrected chi connectivity index (χ1v) is 6.82. The van der Waals surface area contributed by atoms with Crippen LogP contribution in [-0.2, 0) is 11.8 Å². The Balaban J connectivity index is 1.92. The Morgan fingerprint density at radius 2 is 2.29 bits per heavy atom. The Labute approximate surface area is 103 Å². The van der Waals surface area contributed by atoms with Gasteiger partial charge < -0.3 is 5.32 Å². The molecule has 0 aromatic carbocycles. The second-order valence-electron chi connectivity index (χ2n) is 5.66. The molecule has 1 atom stereocenters. The van der Waals surface area contributed by atoms with Crippen molar-refractivity contribution in [1.82, 2.24) is 15.3 Å². The van der Waals surface area contributed by atoms with Gasteiger partial charge in [-0.25, -0.2) is 9.97 Å². The number of aromatic nitrogens is 2. The van der Waals surface area contributed by atoms with Gasteiger partial charge in [0, 0.05) is 28.9 Å². The third kappa shape index (κ3) is 1.97. The first-order valence-electron chi connectivity index (χ1n) is 6.82. The van der Waals surface area contributed by atoms with Gasteiger partial charge in [-0.05, 0) is 38.6 Å². The summed E-state index contributed by atoms with van der Waals surface area (Å²) in [6, 6.07) is 0.477. The molecule has 0 spiro atoms. The van der Waals surface area contributed by atoms with E-state index in [1.807, 2.05) is 0 Å². The molecule has 0 aliphatic heterocycles. The summed E-state index contributed by atoms with van der Waals surface area (Å²) >= 11 is 0. The monoisotopic (exact) mass is 231 g/mol. The van der Waals surface area contributed by atoms with Crippen LogP contribution in [0.3, 0.4) is 0 Å². The topological polar surface area (TPSA) is 37.8 Å². The highest BCUT2D eigenvalue weighted by Gasteiger charge is 2.42. The number of fused-ring (bicyclic) bond motifs is 1. The van der Waals surface area contributed by atoms with Gasteiger partial charge in [-0.15, -0.1) is 0 Å². The summed E-state index contributed by atoms with van der Waals surface area (Å²) in [6.45, 7) is 5.46. The van der Waals surface area contributed by atoms with E-state index in [2.05, 4.69) is 30.3 Å². The van der Waals surface area contributed by atoms with Crippen molar-refractivity contribution in [1.29, 1.82) is 0 Å². The van der Waals surface area contributed by atoms with Crippen LogP contribution in [0.4, 0.5) is 0 Å². The molecule has 1 unspecified atom stereocenters. The van der Waals surface area contributed by atoms with Crippen LogP contribution in [0.15, 0.2) is 6.20 Å². The fraction of sp³-hybridized carbons (Fsp3) is 0.714. The maximum absolute atomic E-state index is 4.83. The smallest absolute Gasteiger partial charge is 0.134 e. The molecule has 0 radical (unpaired) electrons. The second kappa shape index (κ2) is 4.05. The van der Waals surface area contributed by atoms with E-state index in [0.29, 0.717) is 11.5 Å². The average Bonchev–Trinajstić information content (AvgIpc) is 3.09. The number of hydrogen-bond donors (Lipinski definition) is 1. The van der Waals surface area contributed by atoms with E-state index < -0.39 is 0 Å². The van der Waals surface area contributed by atoms with Crippen molar-refractivity contribution < 1.29 is 0 Å². The Bertz CT molecular complexity index is 423. The van der Waals surface area contributed by atoms with E-state index in [-0.39, 0.29) is 0 Å². The van der Waals surface area contributed by atoms with Gasteiger partial charge in [-0.2, -0.15) is 0 Å². The van der Waals surface area contributed by atoms with E-state index in [1.54, 1.807) is 0 Å². The number of nitrogens with one attached hydrogen (secondary N) is 1. The minimum Gasteiger partial charge on any atom is -0.310 e. The molecule has 1 heterocycles. The highest BCUT2D eigenvalue weighted by atomic mass is 15.0. The standard InChI is InChI=1S/C14H21N3/c1-3-15-11-5-4-6-12-10(11)9-16-13(17-12)14(2)7-8-14/h9,11,15H,3-8H2,1-2H3. The predicted octanol–water partition coefficient (Wildman–Crippen LogP) is 2.52. The first-order chi connectivity index (χ1) is 8.23. The van der Waals surface area contributed by atoms with Crippen LogP contribution in [0, 0.1) is 0 Å². The van der Waals surface area contributed by atoms with Crippen molar-refractivity contribution in [2.45, 2.75) is 57.4 Å².